The highest BCUT2D eigenvalue weighted by Gasteiger charge is 2.16. The molecule has 1 N–H and O–H groups in total. The second kappa shape index (κ2) is 7.23. The number of nitrogens with one attached hydrogen (secondary N) is 1. The van der Waals surface area contributed by atoms with Crippen LogP contribution < -0.4 is 5.32 Å². The number of carbonyl (C=O) groups is 1. The number of rotatable bonds is 5. The smallest absolute Gasteiger partial charge is 0.220 e. The standard InChI is InChI=1S/C11H21BrN2O/c1-14-8-4-10(5-9-14)3-7-13-11(15)2-6-12/h10H,2-9H2,1H3,(H,13,15). The van der Waals surface area contributed by atoms with Crippen molar-refractivity contribution in [3.05, 3.63) is 0 Å². The van der Waals surface area contributed by atoms with Crippen molar-refractivity contribution < 1.29 is 4.79 Å². The number of hydrogen-bond donors (Lipinski definition) is 1. The molecule has 1 aliphatic rings. The number of nitrogens with zero attached hydrogens (tertiary/aromatic N) is 1. The van der Waals surface area contributed by atoms with Gasteiger partial charge in [0.2, 0.25) is 5.91 Å². The third-order valence-corrected chi connectivity index (χ3v) is 3.43. The van der Waals surface area contributed by atoms with E-state index in [1.54, 1.807) is 0 Å². The highest BCUT2D eigenvalue weighted by atomic mass is 79.9. The van der Waals surface area contributed by atoms with E-state index in [-0.39, 0.29) is 5.91 Å². The molecule has 1 aliphatic heterocycles. The highest BCUT2D eigenvalue weighted by molar-refractivity contribution is 9.09. The maximum absolute atomic E-state index is 11.2. The van der Waals surface area contributed by atoms with Crippen LogP contribution in [-0.2, 0) is 4.79 Å². The van der Waals surface area contributed by atoms with Gasteiger partial charge in [-0.3, -0.25) is 4.79 Å². The number of hydrogen-bond acceptors (Lipinski definition) is 2. The zero-order chi connectivity index (χ0) is 11.1. The lowest BCUT2D eigenvalue weighted by Gasteiger charge is -2.28. The minimum atomic E-state index is 0.166. The lowest BCUT2D eigenvalue weighted by atomic mass is 9.94. The molecule has 1 amide bonds. The number of amides is 1. The van der Waals surface area contributed by atoms with Crippen LogP contribution in [0.3, 0.4) is 0 Å². The Bertz CT molecular complexity index is 191. The summed E-state index contributed by atoms with van der Waals surface area (Å²) in [5.41, 5.74) is 0. The molecule has 0 aliphatic carbocycles. The first-order valence-electron chi connectivity index (χ1n) is 5.73. The minimum absolute atomic E-state index is 0.166. The molecule has 0 bridgehead atoms. The average Bonchev–Trinajstić information content (AvgIpc) is 2.21. The second-order valence-corrected chi connectivity index (χ2v) is 5.12. The van der Waals surface area contributed by atoms with Gasteiger partial charge < -0.3 is 10.2 Å². The summed E-state index contributed by atoms with van der Waals surface area (Å²) in [4.78, 5) is 13.6. The van der Waals surface area contributed by atoms with E-state index in [4.69, 9.17) is 0 Å². The van der Waals surface area contributed by atoms with E-state index in [1.165, 1.54) is 25.9 Å². The molecule has 0 aromatic rings. The number of alkyl halides is 1. The van der Waals surface area contributed by atoms with Gasteiger partial charge in [-0.1, -0.05) is 15.9 Å². The van der Waals surface area contributed by atoms with Gasteiger partial charge >= 0.3 is 0 Å². The lowest BCUT2D eigenvalue weighted by molar-refractivity contribution is -0.120. The number of halogens is 1. The Morgan fingerprint density at radius 3 is 2.73 bits per heavy atom. The lowest BCUT2D eigenvalue weighted by Crippen LogP contribution is -2.32. The molecule has 88 valence electrons. The molecule has 0 aromatic heterocycles. The first-order chi connectivity index (χ1) is 7.22. The Morgan fingerprint density at radius 2 is 2.13 bits per heavy atom. The maximum atomic E-state index is 11.2. The van der Waals surface area contributed by atoms with E-state index < -0.39 is 0 Å². The van der Waals surface area contributed by atoms with E-state index in [2.05, 4.69) is 33.2 Å². The van der Waals surface area contributed by atoms with E-state index in [0.717, 1.165) is 24.2 Å². The molecule has 15 heavy (non-hydrogen) atoms. The first kappa shape index (κ1) is 13.0. The van der Waals surface area contributed by atoms with Crippen LogP contribution in [0.5, 0.6) is 0 Å². The van der Waals surface area contributed by atoms with Crippen LogP contribution in [0.1, 0.15) is 25.7 Å². The summed E-state index contributed by atoms with van der Waals surface area (Å²) in [6.45, 7) is 3.26. The second-order valence-electron chi connectivity index (χ2n) is 4.32. The molecular formula is C11H21BrN2O. The molecule has 1 rings (SSSR count). The SMILES string of the molecule is CN1CCC(CCNC(=O)CCBr)CC1. The Hall–Kier alpha value is -0.0900. The summed E-state index contributed by atoms with van der Waals surface area (Å²) in [5, 5.41) is 3.72. The van der Waals surface area contributed by atoms with Crippen molar-refractivity contribution in [3.63, 3.8) is 0 Å². The molecule has 0 atom stereocenters. The summed E-state index contributed by atoms with van der Waals surface area (Å²) < 4.78 is 0. The molecular weight excluding hydrogens is 256 g/mol. The van der Waals surface area contributed by atoms with E-state index in [1.807, 2.05) is 0 Å². The number of piperidine rings is 1. The molecule has 0 unspecified atom stereocenters. The summed E-state index contributed by atoms with van der Waals surface area (Å²) >= 11 is 3.26. The van der Waals surface area contributed by atoms with Crippen LogP contribution in [0.4, 0.5) is 0 Å². The summed E-state index contributed by atoms with van der Waals surface area (Å²) in [7, 11) is 2.17. The Balaban J connectivity index is 2.02. The third kappa shape index (κ3) is 5.52. The van der Waals surface area contributed by atoms with E-state index in [0.29, 0.717) is 6.42 Å². The average molecular weight is 277 g/mol. The van der Waals surface area contributed by atoms with E-state index in [9.17, 15) is 4.79 Å². The van der Waals surface area contributed by atoms with Crippen LogP contribution in [0.2, 0.25) is 0 Å². The molecule has 0 radical (unpaired) electrons. The van der Waals surface area contributed by atoms with Crippen LogP contribution in [-0.4, -0.2) is 42.8 Å². The molecule has 1 saturated heterocycles. The van der Waals surface area contributed by atoms with Gasteiger partial charge in [-0.25, -0.2) is 0 Å². The fourth-order valence-electron chi connectivity index (χ4n) is 1.94. The molecule has 3 nitrogen and oxygen atoms in total. The Labute approximate surface area is 101 Å². The van der Waals surface area contributed by atoms with Crippen molar-refractivity contribution in [3.8, 4) is 0 Å². The summed E-state index contributed by atoms with van der Waals surface area (Å²) in [5.74, 6) is 0.977. The number of carbonyl (C=O) groups excluding carboxylic acids is 1. The van der Waals surface area contributed by atoms with Crippen LogP contribution in [0, 0.1) is 5.92 Å². The summed E-state index contributed by atoms with van der Waals surface area (Å²) in [6, 6.07) is 0. The van der Waals surface area contributed by atoms with Gasteiger partial charge in [-0.2, -0.15) is 0 Å². The Kier molecular flexibility index (Phi) is 6.25. The zero-order valence-electron chi connectivity index (χ0n) is 9.47. The zero-order valence-corrected chi connectivity index (χ0v) is 11.1. The van der Waals surface area contributed by atoms with Crippen molar-refractivity contribution in [2.45, 2.75) is 25.7 Å². The van der Waals surface area contributed by atoms with Crippen molar-refractivity contribution in [1.82, 2.24) is 10.2 Å². The molecule has 4 heteroatoms. The minimum Gasteiger partial charge on any atom is -0.356 e. The number of likely N-dealkylation sites (tertiary alicyclic amines) is 1. The van der Waals surface area contributed by atoms with Crippen LogP contribution in [0.25, 0.3) is 0 Å². The molecule has 0 spiro atoms. The van der Waals surface area contributed by atoms with Crippen molar-refractivity contribution in [1.29, 1.82) is 0 Å². The van der Waals surface area contributed by atoms with Crippen LogP contribution >= 0.6 is 15.9 Å². The van der Waals surface area contributed by atoms with Gasteiger partial charge in [0.1, 0.15) is 0 Å². The quantitative estimate of drug-likeness (QED) is 0.774. The molecule has 1 heterocycles. The van der Waals surface area contributed by atoms with E-state index >= 15 is 0 Å². The van der Waals surface area contributed by atoms with Crippen molar-refractivity contribution in [2.75, 3.05) is 32.0 Å². The van der Waals surface area contributed by atoms with Crippen LogP contribution in [0.15, 0.2) is 0 Å². The molecule has 0 aromatic carbocycles. The normalized spacial score (nSPS) is 19.1. The van der Waals surface area contributed by atoms with Crippen molar-refractivity contribution in [2.24, 2.45) is 5.92 Å². The van der Waals surface area contributed by atoms with Crippen molar-refractivity contribution >= 4 is 21.8 Å². The largest absolute Gasteiger partial charge is 0.356 e. The fourth-order valence-corrected chi connectivity index (χ4v) is 2.30. The predicted octanol–water partition coefficient (Wildman–Crippen LogP) is 1.62. The van der Waals surface area contributed by atoms with Gasteiger partial charge in [0.15, 0.2) is 0 Å². The van der Waals surface area contributed by atoms with Gasteiger partial charge in [0.25, 0.3) is 0 Å². The van der Waals surface area contributed by atoms with Gasteiger partial charge in [0, 0.05) is 18.3 Å². The predicted molar refractivity (Wildman–Crippen MR) is 66.3 cm³/mol. The maximum Gasteiger partial charge on any atom is 0.220 e. The first-order valence-corrected chi connectivity index (χ1v) is 6.85. The highest BCUT2D eigenvalue weighted by Crippen LogP contribution is 2.18. The molecule has 1 fully saturated rings. The monoisotopic (exact) mass is 276 g/mol. The topological polar surface area (TPSA) is 32.3 Å². The van der Waals surface area contributed by atoms with Gasteiger partial charge in [-0.05, 0) is 45.3 Å². The Morgan fingerprint density at radius 1 is 1.47 bits per heavy atom. The van der Waals surface area contributed by atoms with Gasteiger partial charge in [-0.15, -0.1) is 0 Å². The molecule has 0 saturated carbocycles. The summed E-state index contributed by atoms with van der Waals surface area (Å²) in [6.07, 6.45) is 4.30. The third-order valence-electron chi connectivity index (χ3n) is 3.03. The fraction of sp³-hybridized carbons (Fsp3) is 0.909. The van der Waals surface area contributed by atoms with Gasteiger partial charge in [0.05, 0.1) is 0 Å².